The number of allylic oxidation sites excluding steroid dienone is 2. The van der Waals surface area contributed by atoms with Crippen LogP contribution in [0.15, 0.2) is 85.0 Å². The van der Waals surface area contributed by atoms with Crippen LogP contribution in [0.25, 0.3) is 18.2 Å². The number of hydrogen-bond donors (Lipinski definition) is 1. The Hall–Kier alpha value is -3.17. The van der Waals surface area contributed by atoms with Crippen molar-refractivity contribution >= 4 is 24.2 Å². The molecule has 2 aromatic rings. The second kappa shape index (κ2) is 13.1. The van der Waals surface area contributed by atoms with Crippen molar-refractivity contribution in [2.75, 3.05) is 13.2 Å². The molecule has 3 nitrogen and oxygen atoms in total. The number of ether oxygens (including phenoxy) is 1. The van der Waals surface area contributed by atoms with Gasteiger partial charge in [-0.3, -0.25) is 0 Å². The quantitative estimate of drug-likeness (QED) is 0.392. The molecular formula is C25H28O3. The lowest BCUT2D eigenvalue weighted by molar-refractivity contribution is -0.139. The first kappa shape index (κ1) is 22.9. The van der Waals surface area contributed by atoms with E-state index in [-0.39, 0.29) is 19.2 Å². The Balaban J connectivity index is 0.000000330. The van der Waals surface area contributed by atoms with Crippen molar-refractivity contribution in [2.45, 2.75) is 13.8 Å². The smallest absolute Gasteiger partial charge is 0.334 e. The van der Waals surface area contributed by atoms with Crippen molar-refractivity contribution in [1.29, 1.82) is 0 Å². The number of carbonyl (C=O) groups excluding carboxylic acids is 1. The predicted molar refractivity (Wildman–Crippen MR) is 119 cm³/mol. The summed E-state index contributed by atoms with van der Waals surface area (Å²) < 4.78 is 4.85. The van der Waals surface area contributed by atoms with E-state index >= 15 is 0 Å². The van der Waals surface area contributed by atoms with Gasteiger partial charge in [-0.1, -0.05) is 92.1 Å². The number of hydrogen-bond acceptors (Lipinski definition) is 3. The molecule has 0 fully saturated rings. The highest BCUT2D eigenvalue weighted by atomic mass is 16.5. The highest BCUT2D eigenvalue weighted by molar-refractivity contribution is 5.89. The number of benzene rings is 2. The van der Waals surface area contributed by atoms with Gasteiger partial charge >= 0.3 is 5.97 Å². The number of carbonyl (C=O) groups is 1. The molecule has 0 unspecified atom stereocenters. The molecule has 0 saturated heterocycles. The van der Waals surface area contributed by atoms with Crippen LogP contribution in [-0.4, -0.2) is 24.3 Å². The maximum Gasteiger partial charge on any atom is 0.334 e. The van der Waals surface area contributed by atoms with Crippen LogP contribution in [0.5, 0.6) is 0 Å². The normalized spacial score (nSPS) is 11.1. The number of aliphatic hydroxyl groups excluding tert-OH is 1. The van der Waals surface area contributed by atoms with Gasteiger partial charge in [0, 0.05) is 5.57 Å². The van der Waals surface area contributed by atoms with Crippen LogP contribution in [0.1, 0.15) is 30.5 Å². The minimum absolute atomic E-state index is 0.0336. The van der Waals surface area contributed by atoms with Gasteiger partial charge in [0.15, 0.2) is 0 Å². The Bertz CT molecular complexity index is 803. The molecular weight excluding hydrogens is 348 g/mol. The first-order valence-electron chi connectivity index (χ1n) is 9.06. The predicted octanol–water partition coefficient (Wildman–Crippen LogP) is 5.54. The van der Waals surface area contributed by atoms with E-state index in [9.17, 15) is 4.79 Å². The van der Waals surface area contributed by atoms with Crippen molar-refractivity contribution in [1.82, 2.24) is 0 Å². The SMILES string of the molecule is C=Cc1ccccc1C=C.CC(C=Cc1ccccc1)=C(C)C(=O)OCCO. The Morgan fingerprint density at radius 1 is 0.964 bits per heavy atom. The van der Waals surface area contributed by atoms with E-state index in [0.717, 1.165) is 22.3 Å². The summed E-state index contributed by atoms with van der Waals surface area (Å²) in [5, 5.41) is 8.58. The Labute approximate surface area is 168 Å². The van der Waals surface area contributed by atoms with Gasteiger partial charge in [-0.2, -0.15) is 0 Å². The van der Waals surface area contributed by atoms with Gasteiger partial charge < -0.3 is 9.84 Å². The Morgan fingerprint density at radius 3 is 2.00 bits per heavy atom. The summed E-state index contributed by atoms with van der Waals surface area (Å²) in [6, 6.07) is 17.9. The zero-order valence-electron chi connectivity index (χ0n) is 16.6. The maximum atomic E-state index is 11.5. The van der Waals surface area contributed by atoms with E-state index in [4.69, 9.17) is 9.84 Å². The average Bonchev–Trinajstić information content (AvgIpc) is 2.76. The molecule has 2 rings (SSSR count). The highest BCUT2D eigenvalue weighted by Crippen LogP contribution is 2.11. The van der Waals surface area contributed by atoms with E-state index in [0.29, 0.717) is 5.57 Å². The lowest BCUT2D eigenvalue weighted by Crippen LogP contribution is -2.10. The van der Waals surface area contributed by atoms with E-state index in [1.165, 1.54) is 0 Å². The van der Waals surface area contributed by atoms with E-state index < -0.39 is 0 Å². The van der Waals surface area contributed by atoms with Gasteiger partial charge in [0.2, 0.25) is 0 Å². The first-order chi connectivity index (χ1) is 13.5. The molecule has 0 aromatic heterocycles. The van der Waals surface area contributed by atoms with Crippen molar-refractivity contribution in [3.8, 4) is 0 Å². The van der Waals surface area contributed by atoms with Crippen LogP contribution in [0.3, 0.4) is 0 Å². The minimum atomic E-state index is -0.390. The highest BCUT2D eigenvalue weighted by Gasteiger charge is 2.07. The number of aliphatic hydroxyl groups is 1. The lowest BCUT2D eigenvalue weighted by atomic mass is 10.1. The molecule has 28 heavy (non-hydrogen) atoms. The second-order valence-corrected chi connectivity index (χ2v) is 5.95. The molecule has 0 atom stereocenters. The standard InChI is InChI=1S/C15H18O3.C10H10/c1-12(13(2)15(17)18-11-10-16)8-9-14-6-4-3-5-7-14;1-3-9-7-5-6-8-10(9)4-2/h3-9,16H,10-11H2,1-2H3;3-8H,1-2H2. The van der Waals surface area contributed by atoms with Crippen LogP contribution in [0, 0.1) is 0 Å². The molecule has 0 saturated carbocycles. The van der Waals surface area contributed by atoms with Crippen LogP contribution in [-0.2, 0) is 9.53 Å². The molecule has 146 valence electrons. The van der Waals surface area contributed by atoms with E-state index in [1.54, 1.807) is 6.92 Å². The van der Waals surface area contributed by atoms with Crippen molar-refractivity contribution in [3.63, 3.8) is 0 Å². The summed E-state index contributed by atoms with van der Waals surface area (Å²) in [5.41, 5.74) is 4.75. The number of rotatable bonds is 7. The fourth-order valence-corrected chi connectivity index (χ4v) is 2.20. The van der Waals surface area contributed by atoms with Gasteiger partial charge in [0.25, 0.3) is 0 Å². The zero-order chi connectivity index (χ0) is 20.8. The molecule has 0 aliphatic heterocycles. The number of esters is 1. The molecule has 0 aliphatic rings. The van der Waals surface area contributed by atoms with Crippen LogP contribution >= 0.6 is 0 Å². The maximum absolute atomic E-state index is 11.5. The van der Waals surface area contributed by atoms with Gasteiger partial charge in [0.1, 0.15) is 6.61 Å². The summed E-state index contributed by atoms with van der Waals surface area (Å²) in [6.45, 7) is 10.8. The van der Waals surface area contributed by atoms with Crippen LogP contribution < -0.4 is 0 Å². The van der Waals surface area contributed by atoms with Crippen molar-refractivity contribution < 1.29 is 14.6 Å². The Morgan fingerprint density at radius 2 is 1.50 bits per heavy atom. The average molecular weight is 376 g/mol. The summed E-state index contributed by atoms with van der Waals surface area (Å²) in [5.74, 6) is -0.390. The minimum Gasteiger partial charge on any atom is -0.460 e. The van der Waals surface area contributed by atoms with Crippen LogP contribution in [0.2, 0.25) is 0 Å². The third-order valence-electron chi connectivity index (χ3n) is 3.98. The van der Waals surface area contributed by atoms with Gasteiger partial charge in [-0.25, -0.2) is 4.79 Å². The monoisotopic (exact) mass is 376 g/mol. The van der Waals surface area contributed by atoms with Crippen molar-refractivity contribution in [2.24, 2.45) is 0 Å². The fourth-order valence-electron chi connectivity index (χ4n) is 2.20. The first-order valence-corrected chi connectivity index (χ1v) is 9.06. The molecule has 0 aliphatic carbocycles. The summed E-state index contributed by atoms with van der Waals surface area (Å²) >= 11 is 0. The Kier molecular flexibility index (Phi) is 10.7. The molecule has 0 heterocycles. The summed E-state index contributed by atoms with van der Waals surface area (Å²) in [6.07, 6.45) is 7.48. The summed E-state index contributed by atoms with van der Waals surface area (Å²) in [7, 11) is 0. The van der Waals surface area contributed by atoms with Gasteiger partial charge in [0.05, 0.1) is 6.61 Å². The largest absolute Gasteiger partial charge is 0.460 e. The molecule has 0 radical (unpaired) electrons. The molecule has 0 spiro atoms. The lowest BCUT2D eigenvalue weighted by Gasteiger charge is -2.04. The third-order valence-corrected chi connectivity index (χ3v) is 3.98. The topological polar surface area (TPSA) is 46.5 Å². The summed E-state index contributed by atoms with van der Waals surface area (Å²) in [4.78, 5) is 11.5. The van der Waals surface area contributed by atoms with Crippen LogP contribution in [0.4, 0.5) is 0 Å². The second-order valence-electron chi connectivity index (χ2n) is 5.95. The molecule has 0 bridgehead atoms. The fraction of sp³-hybridized carbons (Fsp3) is 0.160. The van der Waals surface area contributed by atoms with Gasteiger partial charge in [-0.05, 0) is 36.1 Å². The van der Waals surface area contributed by atoms with E-state index in [2.05, 4.69) is 13.2 Å². The molecule has 2 aromatic carbocycles. The van der Waals surface area contributed by atoms with Crippen molar-refractivity contribution in [3.05, 3.63) is 102 Å². The zero-order valence-corrected chi connectivity index (χ0v) is 16.6. The molecule has 3 heteroatoms. The molecule has 1 N–H and O–H groups in total. The third kappa shape index (κ3) is 8.02. The van der Waals surface area contributed by atoms with E-state index in [1.807, 2.05) is 85.8 Å². The molecule has 0 amide bonds. The van der Waals surface area contributed by atoms with Gasteiger partial charge in [-0.15, -0.1) is 0 Å².